The molecule has 0 N–H and O–H groups in total. The highest BCUT2D eigenvalue weighted by molar-refractivity contribution is 9.10. The summed E-state index contributed by atoms with van der Waals surface area (Å²) >= 11 is 5.45. The van der Waals surface area contributed by atoms with Gasteiger partial charge in [0.25, 0.3) is 0 Å². The number of hydrogen-bond acceptors (Lipinski definition) is 2. The highest BCUT2D eigenvalue weighted by Gasteiger charge is 2.15. The van der Waals surface area contributed by atoms with Crippen molar-refractivity contribution < 1.29 is 0 Å². The van der Waals surface area contributed by atoms with Gasteiger partial charge in [0.15, 0.2) is 0 Å². The van der Waals surface area contributed by atoms with Crippen molar-refractivity contribution in [1.82, 2.24) is 0 Å². The van der Waals surface area contributed by atoms with Gasteiger partial charge in [-0.3, -0.25) is 4.99 Å². The molecule has 1 nitrogen and oxygen atoms in total. The van der Waals surface area contributed by atoms with Gasteiger partial charge in [-0.1, -0.05) is 34.1 Å². The minimum absolute atomic E-state index is 0.798. The molecule has 92 valence electrons. The summed E-state index contributed by atoms with van der Waals surface area (Å²) in [6, 6.07) is 15.2. The van der Waals surface area contributed by atoms with Gasteiger partial charge >= 0.3 is 0 Å². The fourth-order valence-electron chi connectivity index (χ4n) is 2.52. The second-order valence-corrected chi connectivity index (χ2v) is 6.64. The van der Waals surface area contributed by atoms with Crippen molar-refractivity contribution in [1.29, 1.82) is 0 Å². The predicted octanol–water partition coefficient (Wildman–Crippen LogP) is 5.26. The third kappa shape index (κ3) is 1.85. The molecule has 1 aromatic heterocycles. The van der Waals surface area contributed by atoms with E-state index in [0.717, 1.165) is 11.0 Å². The number of benzene rings is 2. The van der Waals surface area contributed by atoms with Crippen LogP contribution in [0.2, 0.25) is 0 Å². The third-order valence-electron chi connectivity index (χ3n) is 3.42. The Morgan fingerprint density at radius 3 is 2.89 bits per heavy atom. The average molecular weight is 328 g/mol. The van der Waals surface area contributed by atoms with Crippen molar-refractivity contribution in [3.63, 3.8) is 0 Å². The number of aliphatic imine (C=N–C) groups is 1. The zero-order valence-electron chi connectivity index (χ0n) is 10.1. The Balaban J connectivity index is 1.98. The lowest BCUT2D eigenvalue weighted by Gasteiger charge is -2.06. The van der Waals surface area contributed by atoms with Crippen molar-refractivity contribution >= 4 is 43.6 Å². The van der Waals surface area contributed by atoms with Crippen LogP contribution >= 0.6 is 27.3 Å². The zero-order chi connectivity index (χ0) is 12.8. The summed E-state index contributed by atoms with van der Waals surface area (Å²) in [7, 11) is 0. The maximum absolute atomic E-state index is 4.39. The first-order chi connectivity index (χ1) is 9.31. The van der Waals surface area contributed by atoms with Crippen LogP contribution in [0.3, 0.4) is 0 Å². The van der Waals surface area contributed by atoms with E-state index in [0.29, 0.717) is 0 Å². The molecule has 19 heavy (non-hydrogen) atoms. The molecule has 0 amide bonds. The summed E-state index contributed by atoms with van der Waals surface area (Å²) in [5, 5.41) is 1.31. The van der Waals surface area contributed by atoms with Crippen LogP contribution in [0.25, 0.3) is 20.5 Å². The summed E-state index contributed by atoms with van der Waals surface area (Å²) < 4.78 is 2.46. The van der Waals surface area contributed by atoms with Gasteiger partial charge in [-0.25, -0.2) is 0 Å². The Morgan fingerprint density at radius 2 is 2.00 bits per heavy atom. The molecule has 0 saturated carbocycles. The predicted molar refractivity (Wildman–Crippen MR) is 86.3 cm³/mol. The van der Waals surface area contributed by atoms with Gasteiger partial charge in [0.05, 0.1) is 6.54 Å². The maximum Gasteiger partial charge on any atom is 0.0652 e. The normalized spacial score (nSPS) is 13.1. The Hall–Kier alpha value is -1.45. The van der Waals surface area contributed by atoms with Crippen LogP contribution in [0.5, 0.6) is 0 Å². The minimum Gasteiger partial charge on any atom is -0.288 e. The highest BCUT2D eigenvalue weighted by atomic mass is 79.9. The lowest BCUT2D eigenvalue weighted by molar-refractivity contribution is 1.11. The van der Waals surface area contributed by atoms with Gasteiger partial charge in [-0.05, 0) is 46.3 Å². The van der Waals surface area contributed by atoms with Gasteiger partial charge in [0, 0.05) is 20.3 Å². The van der Waals surface area contributed by atoms with Crippen LogP contribution in [0.4, 0.5) is 0 Å². The molecule has 3 heteroatoms. The number of nitrogens with zero attached hydrogens (tertiary/aromatic N) is 1. The quantitative estimate of drug-likeness (QED) is 0.577. The van der Waals surface area contributed by atoms with E-state index in [4.69, 9.17) is 0 Å². The molecule has 0 spiro atoms. The Morgan fingerprint density at radius 1 is 1.11 bits per heavy atom. The Labute approximate surface area is 123 Å². The van der Waals surface area contributed by atoms with E-state index in [1.165, 1.54) is 31.7 Å². The molecule has 0 atom stereocenters. The summed E-state index contributed by atoms with van der Waals surface area (Å²) in [6.07, 6.45) is 1.97. The maximum atomic E-state index is 4.39. The van der Waals surface area contributed by atoms with E-state index >= 15 is 0 Å². The monoisotopic (exact) mass is 327 g/mol. The Kier molecular flexibility index (Phi) is 2.57. The van der Waals surface area contributed by atoms with Crippen molar-refractivity contribution in [2.24, 2.45) is 4.99 Å². The summed E-state index contributed by atoms with van der Waals surface area (Å²) in [4.78, 5) is 5.71. The molecule has 2 aromatic carbocycles. The van der Waals surface area contributed by atoms with Crippen LogP contribution < -0.4 is 0 Å². The second kappa shape index (κ2) is 4.29. The van der Waals surface area contributed by atoms with Crippen LogP contribution in [-0.2, 0) is 6.54 Å². The van der Waals surface area contributed by atoms with E-state index < -0.39 is 0 Å². The first kappa shape index (κ1) is 11.4. The molecule has 0 unspecified atom stereocenters. The van der Waals surface area contributed by atoms with Crippen molar-refractivity contribution in [3.05, 3.63) is 58.1 Å². The molecule has 0 radical (unpaired) electrons. The number of thiophene rings is 1. The van der Waals surface area contributed by atoms with Gasteiger partial charge in [0.1, 0.15) is 0 Å². The SMILES string of the molecule is Brc1cc2c(c(-c3cc4ccccc4s3)c1)CN=C2. The van der Waals surface area contributed by atoms with Crippen molar-refractivity contribution in [2.75, 3.05) is 0 Å². The van der Waals surface area contributed by atoms with Gasteiger partial charge in [-0.15, -0.1) is 11.3 Å². The third-order valence-corrected chi connectivity index (χ3v) is 5.03. The number of fused-ring (bicyclic) bond motifs is 2. The molecule has 0 saturated heterocycles. The number of rotatable bonds is 1. The fraction of sp³-hybridized carbons (Fsp3) is 0.0625. The molecule has 0 aliphatic carbocycles. The summed E-state index contributed by atoms with van der Waals surface area (Å²) in [5.74, 6) is 0. The number of halogens is 1. The van der Waals surface area contributed by atoms with Crippen LogP contribution in [-0.4, -0.2) is 6.21 Å². The van der Waals surface area contributed by atoms with E-state index in [9.17, 15) is 0 Å². The average Bonchev–Trinajstić information content (AvgIpc) is 3.03. The largest absolute Gasteiger partial charge is 0.288 e. The molecule has 2 heterocycles. The van der Waals surface area contributed by atoms with E-state index in [2.05, 4.69) is 63.4 Å². The smallest absolute Gasteiger partial charge is 0.0652 e. The van der Waals surface area contributed by atoms with Crippen LogP contribution in [0.1, 0.15) is 11.1 Å². The molecular weight excluding hydrogens is 318 g/mol. The lowest BCUT2D eigenvalue weighted by Crippen LogP contribution is -1.88. The fourth-order valence-corrected chi connectivity index (χ4v) is 4.10. The molecular formula is C16H10BrNS. The standard InChI is InChI=1S/C16H10BrNS/c17-12-5-11-8-18-9-14(11)13(7-12)16-6-10-3-1-2-4-15(10)19-16/h1-8H,9H2. The number of hydrogen-bond donors (Lipinski definition) is 0. The summed E-state index contributed by atoms with van der Waals surface area (Å²) in [6.45, 7) is 0.798. The first-order valence-electron chi connectivity index (χ1n) is 6.12. The zero-order valence-corrected chi connectivity index (χ0v) is 12.5. The molecule has 0 bridgehead atoms. The first-order valence-corrected chi connectivity index (χ1v) is 7.73. The van der Waals surface area contributed by atoms with Crippen LogP contribution in [0, 0.1) is 0 Å². The van der Waals surface area contributed by atoms with Crippen molar-refractivity contribution in [2.45, 2.75) is 6.54 Å². The van der Waals surface area contributed by atoms with E-state index in [1.54, 1.807) is 0 Å². The molecule has 3 aromatic rings. The molecule has 1 aliphatic heterocycles. The molecule has 4 rings (SSSR count). The minimum atomic E-state index is 0.798. The van der Waals surface area contributed by atoms with Crippen LogP contribution in [0.15, 0.2) is 51.9 Å². The lowest BCUT2D eigenvalue weighted by atomic mass is 10.0. The highest BCUT2D eigenvalue weighted by Crippen LogP contribution is 2.38. The topological polar surface area (TPSA) is 12.4 Å². The van der Waals surface area contributed by atoms with E-state index in [1.807, 2.05) is 17.6 Å². The van der Waals surface area contributed by atoms with Crippen molar-refractivity contribution in [3.8, 4) is 10.4 Å². The Bertz CT molecular complexity index is 784. The summed E-state index contributed by atoms with van der Waals surface area (Å²) in [5.41, 5.74) is 3.89. The van der Waals surface area contributed by atoms with Gasteiger partial charge < -0.3 is 0 Å². The van der Waals surface area contributed by atoms with E-state index in [-0.39, 0.29) is 0 Å². The second-order valence-electron chi connectivity index (χ2n) is 4.64. The molecule has 0 fully saturated rings. The molecule has 1 aliphatic rings. The van der Waals surface area contributed by atoms with Gasteiger partial charge in [-0.2, -0.15) is 0 Å². The van der Waals surface area contributed by atoms with Gasteiger partial charge in [0.2, 0.25) is 0 Å².